The molecule has 1 atom stereocenters. The van der Waals surface area contributed by atoms with Crippen LogP contribution in [-0.4, -0.2) is 26.4 Å². The summed E-state index contributed by atoms with van der Waals surface area (Å²) >= 11 is 7.42. The van der Waals surface area contributed by atoms with Crippen LogP contribution in [0.15, 0.2) is 18.2 Å². The Kier molecular flexibility index (Phi) is 4.98. The monoisotopic (exact) mass is 328 g/mol. The highest BCUT2D eigenvalue weighted by molar-refractivity contribution is 7.16. The molecule has 1 unspecified atom stereocenters. The molecule has 1 aromatic carbocycles. The topological polar surface area (TPSA) is 47.9 Å². The van der Waals surface area contributed by atoms with Gasteiger partial charge in [-0.3, -0.25) is 0 Å². The summed E-state index contributed by atoms with van der Waals surface area (Å²) in [6.45, 7) is 1.90. The molecule has 1 N–H and O–H groups in total. The second-order valence-corrected chi connectivity index (χ2v) is 6.12. The number of halogens is 1. The van der Waals surface area contributed by atoms with Crippen LogP contribution in [0, 0.1) is 6.92 Å². The Labute approximate surface area is 132 Å². The molecule has 0 bridgehead atoms. The summed E-state index contributed by atoms with van der Waals surface area (Å²) < 4.78 is 16.6. The van der Waals surface area contributed by atoms with E-state index in [0.29, 0.717) is 27.1 Å². The van der Waals surface area contributed by atoms with Crippen LogP contribution < -0.4 is 14.2 Å². The maximum Gasteiger partial charge on any atom is 0.203 e. The molecule has 0 aliphatic carbocycles. The van der Waals surface area contributed by atoms with Gasteiger partial charge in [-0.2, -0.15) is 0 Å². The van der Waals surface area contributed by atoms with Crippen LogP contribution >= 0.6 is 22.9 Å². The quantitative estimate of drug-likeness (QED) is 0.906. The van der Waals surface area contributed by atoms with Gasteiger partial charge in [0, 0.05) is 10.4 Å². The lowest BCUT2D eigenvalue weighted by Gasteiger charge is -2.18. The number of rotatable bonds is 5. The minimum absolute atomic E-state index is 0.450. The number of ether oxygens (including phenoxy) is 3. The van der Waals surface area contributed by atoms with E-state index in [1.165, 1.54) is 25.6 Å². The highest BCUT2D eigenvalue weighted by Crippen LogP contribution is 2.45. The van der Waals surface area contributed by atoms with Crippen LogP contribution in [0.2, 0.25) is 4.34 Å². The molecule has 2 aromatic rings. The van der Waals surface area contributed by atoms with Gasteiger partial charge in [-0.25, -0.2) is 0 Å². The van der Waals surface area contributed by atoms with Crippen molar-refractivity contribution in [3.05, 3.63) is 38.5 Å². The third kappa shape index (κ3) is 2.95. The summed E-state index contributed by atoms with van der Waals surface area (Å²) in [5, 5.41) is 10.6. The predicted molar refractivity (Wildman–Crippen MR) is 84.2 cm³/mol. The summed E-state index contributed by atoms with van der Waals surface area (Å²) in [5.74, 6) is 1.45. The number of hydrogen-bond donors (Lipinski definition) is 1. The Balaban J connectivity index is 2.52. The molecule has 0 amide bonds. The standard InChI is InChI=1S/C15H17ClO4S/c1-8-7-11(21-15(8)16)12(17)9-5-6-10(18-2)14(20-4)13(9)19-3/h5-7,12,17H,1-4H3. The second kappa shape index (κ2) is 6.56. The van der Waals surface area contributed by atoms with Crippen molar-refractivity contribution in [3.63, 3.8) is 0 Å². The molecule has 1 heterocycles. The van der Waals surface area contributed by atoms with E-state index in [9.17, 15) is 5.11 Å². The number of thiophene rings is 1. The number of aliphatic hydroxyl groups excluding tert-OH is 1. The normalized spacial score (nSPS) is 12.1. The molecule has 0 spiro atoms. The van der Waals surface area contributed by atoms with Gasteiger partial charge < -0.3 is 19.3 Å². The molecule has 4 nitrogen and oxygen atoms in total. The van der Waals surface area contributed by atoms with Crippen LogP contribution in [0.4, 0.5) is 0 Å². The number of aryl methyl sites for hydroxylation is 1. The van der Waals surface area contributed by atoms with Crippen molar-refractivity contribution < 1.29 is 19.3 Å². The van der Waals surface area contributed by atoms with Crippen molar-refractivity contribution in [1.82, 2.24) is 0 Å². The average Bonchev–Trinajstić information content (AvgIpc) is 2.84. The molecular weight excluding hydrogens is 312 g/mol. The smallest absolute Gasteiger partial charge is 0.203 e. The summed E-state index contributed by atoms with van der Waals surface area (Å²) in [6, 6.07) is 5.36. The molecule has 0 fully saturated rings. The number of methoxy groups -OCH3 is 3. The fourth-order valence-electron chi connectivity index (χ4n) is 2.11. The molecule has 0 aliphatic rings. The van der Waals surface area contributed by atoms with Gasteiger partial charge in [0.15, 0.2) is 11.5 Å². The van der Waals surface area contributed by atoms with Crippen molar-refractivity contribution in [1.29, 1.82) is 0 Å². The highest BCUT2D eigenvalue weighted by atomic mass is 35.5. The molecule has 0 saturated heterocycles. The van der Waals surface area contributed by atoms with Gasteiger partial charge in [-0.1, -0.05) is 11.6 Å². The van der Waals surface area contributed by atoms with Gasteiger partial charge in [0.1, 0.15) is 6.10 Å². The van der Waals surface area contributed by atoms with Crippen LogP contribution in [0.5, 0.6) is 17.2 Å². The summed E-state index contributed by atoms with van der Waals surface area (Å²) in [5.41, 5.74) is 1.54. The fraction of sp³-hybridized carbons (Fsp3) is 0.333. The lowest BCUT2D eigenvalue weighted by molar-refractivity contribution is 0.216. The maximum atomic E-state index is 10.6. The van der Waals surface area contributed by atoms with Gasteiger partial charge in [0.05, 0.1) is 25.7 Å². The second-order valence-electron chi connectivity index (χ2n) is 4.43. The van der Waals surface area contributed by atoms with Gasteiger partial charge in [-0.05, 0) is 30.7 Å². The van der Waals surface area contributed by atoms with Crippen molar-refractivity contribution >= 4 is 22.9 Å². The van der Waals surface area contributed by atoms with E-state index in [1.807, 2.05) is 13.0 Å². The van der Waals surface area contributed by atoms with E-state index < -0.39 is 6.10 Å². The van der Waals surface area contributed by atoms with Gasteiger partial charge in [0.25, 0.3) is 0 Å². The molecule has 6 heteroatoms. The average molecular weight is 329 g/mol. The highest BCUT2D eigenvalue weighted by Gasteiger charge is 2.23. The van der Waals surface area contributed by atoms with E-state index >= 15 is 0 Å². The van der Waals surface area contributed by atoms with E-state index in [4.69, 9.17) is 25.8 Å². The first-order chi connectivity index (χ1) is 10.0. The Hall–Kier alpha value is -1.43. The molecule has 0 saturated carbocycles. The van der Waals surface area contributed by atoms with Gasteiger partial charge in [0.2, 0.25) is 5.75 Å². The zero-order chi connectivity index (χ0) is 15.6. The zero-order valence-corrected chi connectivity index (χ0v) is 13.8. The minimum Gasteiger partial charge on any atom is -0.493 e. The number of benzene rings is 1. The lowest BCUT2D eigenvalue weighted by atomic mass is 10.1. The first-order valence-electron chi connectivity index (χ1n) is 6.26. The Morgan fingerprint density at radius 1 is 1.10 bits per heavy atom. The van der Waals surface area contributed by atoms with E-state index in [0.717, 1.165) is 10.4 Å². The van der Waals surface area contributed by atoms with Crippen LogP contribution in [0.25, 0.3) is 0 Å². The molecule has 114 valence electrons. The lowest BCUT2D eigenvalue weighted by Crippen LogP contribution is -2.03. The van der Waals surface area contributed by atoms with Gasteiger partial charge in [-0.15, -0.1) is 11.3 Å². The van der Waals surface area contributed by atoms with Crippen molar-refractivity contribution in [2.24, 2.45) is 0 Å². The largest absolute Gasteiger partial charge is 0.493 e. The van der Waals surface area contributed by atoms with Crippen LogP contribution in [0.1, 0.15) is 22.1 Å². The molecule has 1 aromatic heterocycles. The molecule has 21 heavy (non-hydrogen) atoms. The third-order valence-corrected chi connectivity index (χ3v) is 4.78. The van der Waals surface area contributed by atoms with Gasteiger partial charge >= 0.3 is 0 Å². The maximum absolute atomic E-state index is 10.6. The minimum atomic E-state index is -0.837. The SMILES string of the molecule is COc1ccc(C(O)c2cc(C)c(Cl)s2)c(OC)c1OC. The van der Waals surface area contributed by atoms with Crippen LogP contribution in [-0.2, 0) is 0 Å². The zero-order valence-electron chi connectivity index (χ0n) is 12.3. The third-order valence-electron chi connectivity index (χ3n) is 3.17. The van der Waals surface area contributed by atoms with Crippen molar-refractivity contribution in [2.75, 3.05) is 21.3 Å². The molecular formula is C15H17ClO4S. The molecule has 0 aliphatic heterocycles. The molecule has 2 rings (SSSR count). The van der Waals surface area contributed by atoms with E-state index in [2.05, 4.69) is 0 Å². The Morgan fingerprint density at radius 2 is 1.76 bits per heavy atom. The fourth-order valence-corrected chi connectivity index (χ4v) is 3.33. The summed E-state index contributed by atoms with van der Waals surface area (Å²) in [6.07, 6.45) is -0.837. The first kappa shape index (κ1) is 15.9. The Morgan fingerprint density at radius 3 is 2.24 bits per heavy atom. The van der Waals surface area contributed by atoms with Crippen molar-refractivity contribution in [2.45, 2.75) is 13.0 Å². The summed E-state index contributed by atoms with van der Waals surface area (Å²) in [7, 11) is 4.61. The Bertz CT molecular complexity index is 619. The van der Waals surface area contributed by atoms with E-state index in [1.54, 1.807) is 19.2 Å². The first-order valence-corrected chi connectivity index (χ1v) is 7.45. The number of hydrogen-bond acceptors (Lipinski definition) is 5. The van der Waals surface area contributed by atoms with E-state index in [-0.39, 0.29) is 0 Å². The number of aliphatic hydroxyl groups is 1. The molecule has 0 radical (unpaired) electrons. The van der Waals surface area contributed by atoms with Crippen molar-refractivity contribution in [3.8, 4) is 17.2 Å². The van der Waals surface area contributed by atoms with Crippen LogP contribution in [0.3, 0.4) is 0 Å². The predicted octanol–water partition coefficient (Wildman–Crippen LogP) is 3.82. The summed E-state index contributed by atoms with van der Waals surface area (Å²) in [4.78, 5) is 0.753.